The fourth-order valence-electron chi connectivity index (χ4n) is 2.52. The molecule has 7 heteroatoms. The molecule has 128 valence electrons. The predicted molar refractivity (Wildman–Crippen MR) is 89.4 cm³/mol. The molecule has 0 bridgehead atoms. The topological polar surface area (TPSA) is 64.3 Å². The Morgan fingerprint density at radius 2 is 1.96 bits per heavy atom. The van der Waals surface area contributed by atoms with E-state index >= 15 is 0 Å². The Morgan fingerprint density at radius 1 is 1.25 bits per heavy atom. The summed E-state index contributed by atoms with van der Waals surface area (Å²) in [5.41, 5.74) is 6.55. The van der Waals surface area contributed by atoms with Crippen LogP contribution in [0.4, 0.5) is 8.78 Å². The van der Waals surface area contributed by atoms with E-state index in [1.807, 2.05) is 6.07 Å². The van der Waals surface area contributed by atoms with Crippen LogP contribution in [0, 0.1) is 5.92 Å². The molecular formula is C17H18F2N2O2S. The van der Waals surface area contributed by atoms with E-state index in [9.17, 15) is 13.6 Å². The van der Waals surface area contributed by atoms with Crippen molar-refractivity contribution in [1.82, 2.24) is 5.32 Å². The van der Waals surface area contributed by atoms with Gasteiger partial charge in [-0.2, -0.15) is 8.78 Å². The number of rotatable bonds is 7. The molecule has 3 rings (SSSR count). The lowest BCUT2D eigenvalue weighted by Crippen LogP contribution is -2.41. The predicted octanol–water partition coefficient (Wildman–Crippen LogP) is 3.48. The summed E-state index contributed by atoms with van der Waals surface area (Å²) in [6.07, 6.45) is 2.23. The van der Waals surface area contributed by atoms with Crippen molar-refractivity contribution in [2.24, 2.45) is 11.7 Å². The molecule has 1 aromatic carbocycles. The summed E-state index contributed by atoms with van der Waals surface area (Å²) < 4.78 is 28.6. The van der Waals surface area contributed by atoms with Gasteiger partial charge in [-0.05, 0) is 60.7 Å². The lowest BCUT2D eigenvalue weighted by Gasteiger charge is -2.15. The molecule has 0 saturated heterocycles. The number of thiophene rings is 1. The quantitative estimate of drug-likeness (QED) is 0.802. The molecule has 0 aliphatic heterocycles. The molecule has 1 fully saturated rings. The minimum Gasteiger partial charge on any atom is -0.435 e. The summed E-state index contributed by atoms with van der Waals surface area (Å²) in [6.45, 7) is -2.39. The average Bonchev–Trinajstić information content (AvgIpc) is 3.28. The van der Waals surface area contributed by atoms with Crippen molar-refractivity contribution in [3.05, 3.63) is 41.3 Å². The van der Waals surface area contributed by atoms with Crippen LogP contribution in [0.5, 0.6) is 5.75 Å². The highest BCUT2D eigenvalue weighted by atomic mass is 32.1. The van der Waals surface area contributed by atoms with E-state index in [0.29, 0.717) is 17.3 Å². The zero-order valence-electron chi connectivity index (χ0n) is 12.9. The van der Waals surface area contributed by atoms with Crippen LogP contribution in [0.3, 0.4) is 0 Å². The molecule has 1 aliphatic carbocycles. The number of nitrogens with one attached hydrogen (secondary N) is 1. The average molecular weight is 352 g/mol. The number of carbonyl (C=O) groups excluding carboxylic acids is 1. The Bertz CT molecular complexity index is 699. The van der Waals surface area contributed by atoms with E-state index in [1.165, 1.54) is 23.5 Å². The Kier molecular flexibility index (Phi) is 5.11. The van der Waals surface area contributed by atoms with E-state index in [0.717, 1.165) is 23.3 Å². The van der Waals surface area contributed by atoms with Crippen LogP contribution >= 0.6 is 11.3 Å². The van der Waals surface area contributed by atoms with Gasteiger partial charge in [-0.3, -0.25) is 4.79 Å². The fraction of sp³-hybridized carbons (Fsp3) is 0.353. The summed E-state index contributed by atoms with van der Waals surface area (Å²) >= 11 is 1.36. The van der Waals surface area contributed by atoms with Crippen molar-refractivity contribution >= 4 is 17.2 Å². The molecule has 0 radical (unpaired) electrons. The van der Waals surface area contributed by atoms with Gasteiger partial charge >= 0.3 is 6.61 Å². The first-order chi connectivity index (χ1) is 11.6. The van der Waals surface area contributed by atoms with Crippen LogP contribution < -0.4 is 15.8 Å². The second-order valence-corrected chi connectivity index (χ2v) is 6.80. The highest BCUT2D eigenvalue weighted by Gasteiger charge is 2.31. The van der Waals surface area contributed by atoms with Gasteiger partial charge in [0.05, 0.1) is 4.88 Å². The van der Waals surface area contributed by atoms with E-state index in [-0.39, 0.29) is 17.7 Å². The highest BCUT2D eigenvalue weighted by Crippen LogP contribution is 2.33. The molecule has 1 amide bonds. The number of amides is 1. The van der Waals surface area contributed by atoms with E-state index < -0.39 is 6.61 Å². The van der Waals surface area contributed by atoms with Crippen molar-refractivity contribution < 1.29 is 18.3 Å². The Balaban J connectivity index is 1.67. The Hall–Kier alpha value is -1.99. The van der Waals surface area contributed by atoms with Gasteiger partial charge in [0.1, 0.15) is 5.75 Å². The van der Waals surface area contributed by atoms with Crippen molar-refractivity contribution in [2.45, 2.75) is 25.5 Å². The molecule has 1 heterocycles. The zero-order chi connectivity index (χ0) is 17.1. The third-order valence-electron chi connectivity index (χ3n) is 3.96. The number of nitrogens with two attached hydrogens (primary N) is 1. The lowest BCUT2D eigenvalue weighted by molar-refractivity contribution is -0.0498. The normalized spacial score (nSPS) is 15.3. The number of halogens is 2. The number of benzene rings is 1. The molecule has 1 aliphatic rings. The van der Waals surface area contributed by atoms with Gasteiger partial charge in [-0.15, -0.1) is 11.3 Å². The smallest absolute Gasteiger partial charge is 0.387 e. The second kappa shape index (κ2) is 7.27. The first kappa shape index (κ1) is 16.9. The summed E-state index contributed by atoms with van der Waals surface area (Å²) in [5, 5.41) is 2.98. The van der Waals surface area contributed by atoms with Gasteiger partial charge in [-0.25, -0.2) is 0 Å². The van der Waals surface area contributed by atoms with E-state index in [2.05, 4.69) is 10.1 Å². The van der Waals surface area contributed by atoms with Crippen LogP contribution in [-0.4, -0.2) is 25.1 Å². The van der Waals surface area contributed by atoms with Crippen LogP contribution in [-0.2, 0) is 0 Å². The largest absolute Gasteiger partial charge is 0.435 e. The first-order valence-corrected chi connectivity index (χ1v) is 8.54. The number of ether oxygens (including phenoxy) is 1. The Labute approximate surface area is 142 Å². The molecule has 4 nitrogen and oxygen atoms in total. The molecule has 0 spiro atoms. The number of hydrogen-bond acceptors (Lipinski definition) is 4. The number of hydrogen-bond donors (Lipinski definition) is 2. The maximum atomic E-state index is 12.3. The van der Waals surface area contributed by atoms with Gasteiger partial charge < -0.3 is 15.8 Å². The molecule has 1 saturated carbocycles. The Morgan fingerprint density at radius 3 is 2.54 bits per heavy atom. The molecule has 1 unspecified atom stereocenters. The summed E-state index contributed by atoms with van der Waals surface area (Å²) in [6, 6.07) is 10.00. The van der Waals surface area contributed by atoms with E-state index in [4.69, 9.17) is 5.73 Å². The van der Waals surface area contributed by atoms with Crippen LogP contribution in [0.25, 0.3) is 10.4 Å². The maximum Gasteiger partial charge on any atom is 0.387 e. The van der Waals surface area contributed by atoms with Crippen LogP contribution in [0.2, 0.25) is 0 Å². The van der Waals surface area contributed by atoms with Gasteiger partial charge in [0.2, 0.25) is 0 Å². The molecule has 24 heavy (non-hydrogen) atoms. The number of alkyl halides is 2. The van der Waals surface area contributed by atoms with Crippen LogP contribution in [0.1, 0.15) is 22.5 Å². The minimum atomic E-state index is -2.84. The molecular weight excluding hydrogens is 334 g/mol. The summed E-state index contributed by atoms with van der Waals surface area (Å²) in [7, 11) is 0. The van der Waals surface area contributed by atoms with Crippen LogP contribution in [0.15, 0.2) is 36.4 Å². The SMILES string of the molecule is NCC(NC(=O)c1ccc(-c2ccc(OC(F)F)cc2)s1)C1CC1. The summed E-state index contributed by atoms with van der Waals surface area (Å²) in [4.78, 5) is 13.8. The first-order valence-electron chi connectivity index (χ1n) is 7.73. The fourth-order valence-corrected chi connectivity index (χ4v) is 3.44. The molecule has 2 aromatic rings. The van der Waals surface area contributed by atoms with Gasteiger partial charge in [0.25, 0.3) is 5.91 Å². The van der Waals surface area contributed by atoms with Gasteiger partial charge in [-0.1, -0.05) is 0 Å². The third-order valence-corrected chi connectivity index (χ3v) is 5.09. The standard InChI is InChI=1S/C17H18F2N2O2S/c18-17(19)23-12-5-3-11(4-6-12)14-7-8-15(24-14)16(22)21-13(9-20)10-1-2-10/h3-8,10,13,17H,1-2,9,20H2,(H,21,22). The second-order valence-electron chi connectivity index (χ2n) is 5.72. The van der Waals surface area contributed by atoms with Crippen molar-refractivity contribution in [1.29, 1.82) is 0 Å². The minimum absolute atomic E-state index is 0.0360. The van der Waals surface area contributed by atoms with Gasteiger partial charge in [0.15, 0.2) is 0 Å². The zero-order valence-corrected chi connectivity index (χ0v) is 13.7. The monoisotopic (exact) mass is 352 g/mol. The number of carbonyl (C=O) groups is 1. The molecule has 1 aromatic heterocycles. The summed E-state index contributed by atoms with van der Waals surface area (Å²) in [5.74, 6) is 0.491. The van der Waals surface area contributed by atoms with Crippen molar-refractivity contribution in [3.63, 3.8) is 0 Å². The maximum absolute atomic E-state index is 12.3. The van der Waals surface area contributed by atoms with Gasteiger partial charge in [0, 0.05) is 17.5 Å². The molecule has 1 atom stereocenters. The molecule has 3 N–H and O–H groups in total. The highest BCUT2D eigenvalue weighted by molar-refractivity contribution is 7.17. The third kappa shape index (κ3) is 4.10. The lowest BCUT2D eigenvalue weighted by atomic mass is 10.2. The van der Waals surface area contributed by atoms with E-state index in [1.54, 1.807) is 18.2 Å². The van der Waals surface area contributed by atoms with Crippen molar-refractivity contribution in [2.75, 3.05) is 6.54 Å². The van der Waals surface area contributed by atoms with Crippen molar-refractivity contribution in [3.8, 4) is 16.2 Å².